The number of hydrogen-bond donors (Lipinski definition) is 1. The number of piperidine rings is 1. The van der Waals surface area contributed by atoms with Crippen molar-refractivity contribution < 1.29 is 0 Å². The lowest BCUT2D eigenvalue weighted by Crippen LogP contribution is -2.33. The summed E-state index contributed by atoms with van der Waals surface area (Å²) in [5.74, 6) is 2.37. The number of aromatic nitrogens is 6. The van der Waals surface area contributed by atoms with Crippen molar-refractivity contribution in [2.24, 2.45) is 0 Å². The van der Waals surface area contributed by atoms with E-state index in [1.165, 1.54) is 0 Å². The highest BCUT2D eigenvalue weighted by Crippen LogP contribution is 2.25. The van der Waals surface area contributed by atoms with Gasteiger partial charge in [0.1, 0.15) is 18.5 Å². The molecule has 23 heavy (non-hydrogen) atoms. The molecule has 0 spiro atoms. The molecule has 0 bridgehead atoms. The Labute approximate surface area is 134 Å². The van der Waals surface area contributed by atoms with Crippen molar-refractivity contribution in [3.05, 3.63) is 54.6 Å². The smallest absolute Gasteiger partial charge is 0.164 e. The Morgan fingerprint density at radius 2 is 1.91 bits per heavy atom. The molecule has 1 N–H and O–H groups in total. The van der Waals surface area contributed by atoms with E-state index >= 15 is 0 Å². The Morgan fingerprint density at radius 1 is 1.09 bits per heavy atom. The summed E-state index contributed by atoms with van der Waals surface area (Å²) >= 11 is 0. The Bertz CT molecular complexity index is 727. The molecule has 0 amide bonds. The van der Waals surface area contributed by atoms with Crippen LogP contribution in [0.5, 0.6) is 0 Å². The molecule has 0 aliphatic carbocycles. The molecular formula is C16H19N7. The number of nitrogens with zero attached hydrogens (tertiary/aromatic N) is 6. The monoisotopic (exact) mass is 309 g/mol. The number of H-pyrrole nitrogens is 1. The lowest BCUT2D eigenvalue weighted by molar-refractivity contribution is 0.197. The zero-order valence-electron chi connectivity index (χ0n) is 12.8. The summed E-state index contributed by atoms with van der Waals surface area (Å²) in [5.41, 5.74) is 1.04. The topological polar surface area (TPSA) is 75.5 Å². The molecule has 0 atom stereocenters. The van der Waals surface area contributed by atoms with E-state index < -0.39 is 0 Å². The zero-order valence-corrected chi connectivity index (χ0v) is 12.8. The van der Waals surface area contributed by atoms with E-state index in [1.54, 1.807) is 12.7 Å². The van der Waals surface area contributed by atoms with Crippen LogP contribution in [0.3, 0.4) is 0 Å². The van der Waals surface area contributed by atoms with Crippen molar-refractivity contribution in [3.63, 3.8) is 0 Å². The second-order valence-corrected chi connectivity index (χ2v) is 5.86. The lowest BCUT2D eigenvalue weighted by Gasteiger charge is -2.29. The van der Waals surface area contributed by atoms with Gasteiger partial charge in [-0.1, -0.05) is 18.2 Å². The largest absolute Gasteiger partial charge is 0.296 e. The SMILES string of the molecule is c1ccc(-n2cnc(CN3CCC(c4ncn[nH]4)CC3)n2)cc1. The number of likely N-dealkylation sites (tertiary alicyclic amines) is 1. The first-order valence-electron chi connectivity index (χ1n) is 7.92. The third-order valence-electron chi connectivity index (χ3n) is 4.33. The van der Waals surface area contributed by atoms with Crippen molar-refractivity contribution >= 4 is 0 Å². The molecule has 3 heterocycles. The second-order valence-electron chi connectivity index (χ2n) is 5.86. The van der Waals surface area contributed by atoms with Crippen LogP contribution in [0.4, 0.5) is 0 Å². The molecule has 7 heteroatoms. The molecule has 1 aliphatic rings. The van der Waals surface area contributed by atoms with E-state index in [4.69, 9.17) is 0 Å². The average Bonchev–Trinajstić information content (AvgIpc) is 3.28. The summed E-state index contributed by atoms with van der Waals surface area (Å²) in [7, 11) is 0. The summed E-state index contributed by atoms with van der Waals surface area (Å²) in [6.45, 7) is 2.86. The summed E-state index contributed by atoms with van der Waals surface area (Å²) in [4.78, 5) is 11.1. The van der Waals surface area contributed by atoms with Crippen LogP contribution in [0.25, 0.3) is 5.69 Å². The van der Waals surface area contributed by atoms with Gasteiger partial charge >= 0.3 is 0 Å². The van der Waals surface area contributed by atoms with Gasteiger partial charge in [-0.05, 0) is 38.1 Å². The highest BCUT2D eigenvalue weighted by atomic mass is 15.3. The maximum absolute atomic E-state index is 4.58. The predicted octanol–water partition coefficient (Wildman–Crippen LogP) is 1.76. The Hall–Kier alpha value is -2.54. The van der Waals surface area contributed by atoms with Gasteiger partial charge in [0, 0.05) is 5.92 Å². The fraction of sp³-hybridized carbons (Fsp3) is 0.375. The third kappa shape index (κ3) is 3.14. The van der Waals surface area contributed by atoms with Crippen LogP contribution >= 0.6 is 0 Å². The van der Waals surface area contributed by atoms with Gasteiger partial charge in [0.05, 0.1) is 12.2 Å². The van der Waals surface area contributed by atoms with Gasteiger partial charge in [0.2, 0.25) is 0 Å². The van der Waals surface area contributed by atoms with E-state index in [9.17, 15) is 0 Å². The van der Waals surface area contributed by atoms with Crippen LogP contribution in [0.15, 0.2) is 43.0 Å². The van der Waals surface area contributed by atoms with Crippen LogP contribution < -0.4 is 0 Å². The fourth-order valence-electron chi connectivity index (χ4n) is 3.05. The van der Waals surface area contributed by atoms with Crippen LogP contribution in [-0.4, -0.2) is 47.9 Å². The quantitative estimate of drug-likeness (QED) is 0.795. The second kappa shape index (κ2) is 6.29. The maximum atomic E-state index is 4.58. The maximum Gasteiger partial charge on any atom is 0.164 e. The van der Waals surface area contributed by atoms with E-state index in [1.807, 2.05) is 35.0 Å². The Morgan fingerprint density at radius 3 is 2.65 bits per heavy atom. The minimum atomic E-state index is 0.489. The third-order valence-corrected chi connectivity index (χ3v) is 4.33. The molecule has 7 nitrogen and oxygen atoms in total. The molecule has 1 aromatic carbocycles. The van der Waals surface area contributed by atoms with Gasteiger partial charge in [-0.25, -0.2) is 14.6 Å². The number of para-hydroxylation sites is 1. The van der Waals surface area contributed by atoms with Gasteiger partial charge in [-0.15, -0.1) is 5.10 Å². The number of benzene rings is 1. The molecule has 0 saturated carbocycles. The zero-order chi connectivity index (χ0) is 15.5. The molecule has 1 aliphatic heterocycles. The van der Waals surface area contributed by atoms with Crippen molar-refractivity contribution in [1.82, 2.24) is 34.8 Å². The molecule has 1 saturated heterocycles. The number of rotatable bonds is 4. The standard InChI is InChI=1S/C16H19N7/c1-2-4-14(5-3-1)23-12-18-15(21-23)10-22-8-6-13(7-9-22)16-17-11-19-20-16/h1-5,11-13H,6-10H2,(H,17,19,20). The first-order valence-corrected chi connectivity index (χ1v) is 7.92. The molecule has 1 fully saturated rings. The van der Waals surface area contributed by atoms with Crippen LogP contribution in [-0.2, 0) is 6.54 Å². The van der Waals surface area contributed by atoms with Gasteiger partial charge in [0.25, 0.3) is 0 Å². The molecule has 0 radical (unpaired) electrons. The van der Waals surface area contributed by atoms with E-state index in [-0.39, 0.29) is 0 Å². The first-order chi connectivity index (χ1) is 11.4. The Kier molecular flexibility index (Phi) is 3.85. The molecule has 118 valence electrons. The summed E-state index contributed by atoms with van der Waals surface area (Å²) in [5, 5.41) is 11.5. The fourth-order valence-corrected chi connectivity index (χ4v) is 3.05. The van der Waals surface area contributed by atoms with Gasteiger partial charge < -0.3 is 0 Å². The first kappa shape index (κ1) is 14.1. The van der Waals surface area contributed by atoms with Gasteiger partial charge in [0.15, 0.2) is 5.82 Å². The lowest BCUT2D eigenvalue weighted by atomic mass is 9.96. The summed E-state index contributed by atoms with van der Waals surface area (Å²) in [6, 6.07) is 10.1. The van der Waals surface area contributed by atoms with E-state index in [0.717, 1.165) is 49.8 Å². The minimum Gasteiger partial charge on any atom is -0.296 e. The minimum absolute atomic E-state index is 0.489. The number of hydrogen-bond acceptors (Lipinski definition) is 5. The van der Waals surface area contributed by atoms with Crippen molar-refractivity contribution in [3.8, 4) is 5.69 Å². The highest BCUT2D eigenvalue weighted by Gasteiger charge is 2.23. The predicted molar refractivity (Wildman–Crippen MR) is 85.0 cm³/mol. The van der Waals surface area contributed by atoms with E-state index in [2.05, 4.69) is 30.2 Å². The molecular weight excluding hydrogens is 290 g/mol. The molecule has 3 aromatic rings. The van der Waals surface area contributed by atoms with E-state index in [0.29, 0.717) is 5.92 Å². The average molecular weight is 309 g/mol. The van der Waals surface area contributed by atoms with Crippen molar-refractivity contribution in [1.29, 1.82) is 0 Å². The number of nitrogens with one attached hydrogen (secondary N) is 1. The highest BCUT2D eigenvalue weighted by molar-refractivity contribution is 5.29. The van der Waals surface area contributed by atoms with Crippen LogP contribution in [0, 0.1) is 0 Å². The van der Waals surface area contributed by atoms with Crippen molar-refractivity contribution in [2.45, 2.75) is 25.3 Å². The Balaban J connectivity index is 1.36. The molecule has 0 unspecified atom stereocenters. The van der Waals surface area contributed by atoms with Gasteiger partial charge in [-0.2, -0.15) is 5.10 Å². The number of aromatic amines is 1. The summed E-state index contributed by atoms with van der Waals surface area (Å²) in [6.07, 6.45) is 5.55. The van der Waals surface area contributed by atoms with Crippen LogP contribution in [0.2, 0.25) is 0 Å². The normalized spacial score (nSPS) is 16.7. The van der Waals surface area contributed by atoms with Gasteiger partial charge in [-0.3, -0.25) is 10.00 Å². The summed E-state index contributed by atoms with van der Waals surface area (Å²) < 4.78 is 1.83. The molecule has 4 rings (SSSR count). The molecule has 2 aromatic heterocycles. The van der Waals surface area contributed by atoms with Crippen molar-refractivity contribution in [2.75, 3.05) is 13.1 Å². The van der Waals surface area contributed by atoms with Crippen LogP contribution in [0.1, 0.15) is 30.4 Å².